The lowest BCUT2D eigenvalue weighted by Crippen LogP contribution is -2.46. The zero-order valence-electron chi connectivity index (χ0n) is 13.6. The molecule has 0 radical (unpaired) electrons. The van der Waals surface area contributed by atoms with Crippen LogP contribution in [0.4, 0.5) is 5.69 Å². The Balaban J connectivity index is 1.67. The van der Waals surface area contributed by atoms with Crippen LogP contribution in [0.3, 0.4) is 0 Å². The first-order chi connectivity index (χ1) is 11.6. The molecule has 4 rings (SSSR count). The van der Waals surface area contributed by atoms with Gasteiger partial charge in [0.15, 0.2) is 0 Å². The van der Waals surface area contributed by atoms with Gasteiger partial charge in [0.1, 0.15) is 0 Å². The van der Waals surface area contributed by atoms with Gasteiger partial charge in [-0.05, 0) is 55.7 Å². The van der Waals surface area contributed by atoms with E-state index in [0.29, 0.717) is 0 Å². The first kappa shape index (κ1) is 14.9. The monoisotopic (exact) mass is 320 g/mol. The van der Waals surface area contributed by atoms with E-state index in [-0.39, 0.29) is 17.9 Å². The summed E-state index contributed by atoms with van der Waals surface area (Å²) in [7, 11) is 0. The Morgan fingerprint density at radius 1 is 1.25 bits per heavy atom. The molecule has 1 aliphatic carbocycles. The van der Waals surface area contributed by atoms with Crippen LogP contribution in [0.25, 0.3) is 16.6 Å². The molecule has 5 heteroatoms. The Morgan fingerprint density at radius 3 is 2.83 bits per heavy atom. The molecule has 2 atom stereocenters. The molecule has 0 aliphatic heterocycles. The predicted molar refractivity (Wildman–Crippen MR) is 95.1 cm³/mol. The summed E-state index contributed by atoms with van der Waals surface area (Å²) in [6, 6.07) is 14.0. The number of nitrogens with zero attached hydrogens (tertiary/aromatic N) is 2. The molecular formula is C19H20N4O. The van der Waals surface area contributed by atoms with Gasteiger partial charge in [-0.15, -0.1) is 0 Å². The van der Waals surface area contributed by atoms with Crippen molar-refractivity contribution in [1.82, 2.24) is 9.78 Å². The lowest BCUT2D eigenvalue weighted by atomic mass is 9.79. The highest BCUT2D eigenvalue weighted by atomic mass is 16.2. The molecule has 0 unspecified atom stereocenters. The van der Waals surface area contributed by atoms with E-state index in [2.05, 4.69) is 29.5 Å². The number of nitrogens with two attached hydrogens (primary N) is 1. The Morgan fingerprint density at radius 2 is 2.12 bits per heavy atom. The molecule has 1 fully saturated rings. The van der Waals surface area contributed by atoms with E-state index in [1.54, 1.807) is 0 Å². The summed E-state index contributed by atoms with van der Waals surface area (Å²) in [6.07, 6.45) is 3.64. The van der Waals surface area contributed by atoms with Crippen molar-refractivity contribution in [3.8, 4) is 5.69 Å². The topological polar surface area (TPSA) is 72.9 Å². The van der Waals surface area contributed by atoms with Crippen molar-refractivity contribution in [1.29, 1.82) is 0 Å². The third kappa shape index (κ3) is 2.57. The molecule has 3 N–H and O–H groups in total. The number of hydrogen-bond acceptors (Lipinski definition) is 3. The standard InChI is InChI=1S/C19H20N4O/c1-12-3-2-4-15(9-12)23-18-10-14(6-5-13(18)11-21-23)22-19(24)16-7-8-17(16)20/h2-6,9-11,16-17H,7-8,20H2,1H3,(H,22,24)/t16-,17-/m1/s1. The van der Waals surface area contributed by atoms with Crippen LogP contribution in [0.2, 0.25) is 0 Å². The lowest BCUT2D eigenvalue weighted by Gasteiger charge is -2.32. The van der Waals surface area contributed by atoms with E-state index in [1.165, 1.54) is 5.56 Å². The number of carbonyl (C=O) groups is 1. The molecule has 1 aliphatic rings. The Bertz CT molecular complexity index is 915. The first-order valence-electron chi connectivity index (χ1n) is 8.23. The highest BCUT2D eigenvalue weighted by Crippen LogP contribution is 2.28. The summed E-state index contributed by atoms with van der Waals surface area (Å²) in [5.41, 5.74) is 9.83. The summed E-state index contributed by atoms with van der Waals surface area (Å²) in [4.78, 5) is 12.3. The molecular weight excluding hydrogens is 300 g/mol. The fourth-order valence-electron chi connectivity index (χ4n) is 3.15. The average Bonchev–Trinajstić information content (AvgIpc) is 2.96. The van der Waals surface area contributed by atoms with Crippen LogP contribution >= 0.6 is 0 Å². The number of rotatable bonds is 3. The summed E-state index contributed by atoms with van der Waals surface area (Å²) in [5.74, 6) is -0.0582. The zero-order valence-corrected chi connectivity index (χ0v) is 13.6. The molecule has 3 aromatic rings. The van der Waals surface area contributed by atoms with E-state index >= 15 is 0 Å². The molecule has 1 amide bonds. The first-order valence-corrected chi connectivity index (χ1v) is 8.23. The second kappa shape index (κ2) is 5.76. The van der Waals surface area contributed by atoms with Crippen LogP contribution in [-0.4, -0.2) is 21.7 Å². The Labute approximate surface area is 140 Å². The Kier molecular flexibility index (Phi) is 3.58. The molecule has 0 spiro atoms. The number of benzene rings is 2. The van der Waals surface area contributed by atoms with Crippen molar-refractivity contribution in [2.75, 3.05) is 5.32 Å². The minimum atomic E-state index is -0.0672. The van der Waals surface area contributed by atoms with Gasteiger partial charge in [-0.2, -0.15) is 5.10 Å². The van der Waals surface area contributed by atoms with E-state index < -0.39 is 0 Å². The minimum Gasteiger partial charge on any atom is -0.327 e. The number of aromatic nitrogens is 2. The van der Waals surface area contributed by atoms with Gasteiger partial charge in [0.25, 0.3) is 0 Å². The highest BCUT2D eigenvalue weighted by molar-refractivity contribution is 5.96. The van der Waals surface area contributed by atoms with Crippen molar-refractivity contribution in [3.05, 3.63) is 54.2 Å². The summed E-state index contributed by atoms with van der Waals surface area (Å²) >= 11 is 0. The largest absolute Gasteiger partial charge is 0.327 e. The third-order valence-corrected chi connectivity index (χ3v) is 4.75. The van der Waals surface area contributed by atoms with Crippen LogP contribution in [0.15, 0.2) is 48.7 Å². The van der Waals surface area contributed by atoms with Gasteiger partial charge >= 0.3 is 0 Å². The average molecular weight is 320 g/mol. The van der Waals surface area contributed by atoms with Gasteiger partial charge in [0.2, 0.25) is 5.91 Å². The van der Waals surface area contributed by atoms with Crippen molar-refractivity contribution in [3.63, 3.8) is 0 Å². The Hall–Kier alpha value is -2.66. The minimum absolute atomic E-state index is 0.00782. The van der Waals surface area contributed by atoms with Gasteiger partial charge in [-0.25, -0.2) is 4.68 Å². The zero-order chi connectivity index (χ0) is 16.7. The predicted octanol–water partition coefficient (Wildman–Crippen LogP) is 3.01. The molecule has 122 valence electrons. The molecule has 1 saturated carbocycles. The van der Waals surface area contributed by atoms with Crippen molar-refractivity contribution >= 4 is 22.5 Å². The lowest BCUT2D eigenvalue weighted by molar-refractivity contribution is -0.122. The maximum Gasteiger partial charge on any atom is 0.229 e. The molecule has 2 aromatic carbocycles. The number of hydrogen-bond donors (Lipinski definition) is 2. The van der Waals surface area contributed by atoms with Crippen molar-refractivity contribution in [2.24, 2.45) is 11.7 Å². The molecule has 5 nitrogen and oxygen atoms in total. The van der Waals surface area contributed by atoms with Crippen LogP contribution in [0, 0.1) is 12.8 Å². The number of fused-ring (bicyclic) bond motifs is 1. The smallest absolute Gasteiger partial charge is 0.229 e. The quantitative estimate of drug-likeness (QED) is 0.779. The summed E-state index contributed by atoms with van der Waals surface area (Å²) in [6.45, 7) is 2.06. The number of anilines is 1. The second-order valence-corrected chi connectivity index (χ2v) is 6.51. The maximum absolute atomic E-state index is 12.3. The molecule has 0 saturated heterocycles. The highest BCUT2D eigenvalue weighted by Gasteiger charge is 2.33. The van der Waals surface area contributed by atoms with E-state index in [9.17, 15) is 4.79 Å². The van der Waals surface area contributed by atoms with Gasteiger partial charge in [-0.1, -0.05) is 12.1 Å². The molecule has 0 bridgehead atoms. The SMILES string of the molecule is Cc1cccc(-n2ncc3ccc(NC(=O)[C@@H]4CC[C@H]4N)cc32)c1. The number of carbonyl (C=O) groups excluding carboxylic acids is 1. The van der Waals surface area contributed by atoms with E-state index in [0.717, 1.165) is 35.1 Å². The summed E-state index contributed by atoms with van der Waals surface area (Å²) in [5, 5.41) is 8.51. The molecule has 1 aromatic heterocycles. The van der Waals surface area contributed by atoms with Crippen LogP contribution in [0.1, 0.15) is 18.4 Å². The number of aryl methyl sites for hydroxylation is 1. The fraction of sp³-hybridized carbons (Fsp3) is 0.263. The van der Waals surface area contributed by atoms with Crippen molar-refractivity contribution in [2.45, 2.75) is 25.8 Å². The van der Waals surface area contributed by atoms with Gasteiger partial charge in [0, 0.05) is 17.1 Å². The normalized spacial score (nSPS) is 19.9. The van der Waals surface area contributed by atoms with E-state index in [4.69, 9.17) is 5.73 Å². The van der Waals surface area contributed by atoms with Crippen molar-refractivity contribution < 1.29 is 4.79 Å². The van der Waals surface area contributed by atoms with Gasteiger partial charge < -0.3 is 11.1 Å². The second-order valence-electron chi connectivity index (χ2n) is 6.51. The van der Waals surface area contributed by atoms with Crippen LogP contribution in [0.5, 0.6) is 0 Å². The van der Waals surface area contributed by atoms with E-state index in [1.807, 2.05) is 41.2 Å². The fourth-order valence-corrected chi connectivity index (χ4v) is 3.15. The summed E-state index contributed by atoms with van der Waals surface area (Å²) < 4.78 is 1.90. The van der Waals surface area contributed by atoms with Gasteiger partial charge in [-0.3, -0.25) is 4.79 Å². The maximum atomic E-state index is 12.3. The van der Waals surface area contributed by atoms with Crippen LogP contribution < -0.4 is 11.1 Å². The van der Waals surface area contributed by atoms with Crippen LogP contribution in [-0.2, 0) is 4.79 Å². The third-order valence-electron chi connectivity index (χ3n) is 4.75. The number of amides is 1. The molecule has 1 heterocycles. The van der Waals surface area contributed by atoms with Gasteiger partial charge in [0.05, 0.1) is 23.3 Å². The number of nitrogens with one attached hydrogen (secondary N) is 1. The molecule has 24 heavy (non-hydrogen) atoms.